The number of hydrogen-bond acceptors (Lipinski definition) is 4. The van der Waals surface area contributed by atoms with Gasteiger partial charge >= 0.3 is 0 Å². The van der Waals surface area contributed by atoms with Crippen LogP contribution in [0.5, 0.6) is 0 Å². The van der Waals surface area contributed by atoms with Gasteiger partial charge in [-0.05, 0) is 68.8 Å². The Morgan fingerprint density at radius 3 is 2.50 bits per heavy atom. The van der Waals surface area contributed by atoms with E-state index in [1.54, 1.807) is 0 Å². The number of amides is 2. The second kappa shape index (κ2) is 11.9. The van der Waals surface area contributed by atoms with Crippen molar-refractivity contribution < 1.29 is 9.59 Å². The molecule has 1 aromatic carbocycles. The van der Waals surface area contributed by atoms with Gasteiger partial charge in [-0.3, -0.25) is 9.59 Å². The van der Waals surface area contributed by atoms with Crippen LogP contribution in [0.15, 0.2) is 36.5 Å². The average Bonchev–Trinajstić information content (AvgIpc) is 3.31. The molecule has 0 spiro atoms. The molecule has 4 atom stereocenters. The van der Waals surface area contributed by atoms with Crippen molar-refractivity contribution in [1.82, 2.24) is 20.4 Å². The van der Waals surface area contributed by atoms with Crippen LogP contribution in [0.3, 0.4) is 0 Å². The summed E-state index contributed by atoms with van der Waals surface area (Å²) < 4.78 is 0. The Morgan fingerprint density at radius 1 is 1.06 bits per heavy atom. The van der Waals surface area contributed by atoms with Gasteiger partial charge in [0.15, 0.2) is 0 Å². The van der Waals surface area contributed by atoms with Crippen molar-refractivity contribution in [2.45, 2.75) is 76.4 Å². The Balaban J connectivity index is 1.46. The fourth-order valence-electron chi connectivity index (χ4n) is 6.13. The number of rotatable bonds is 8. The zero-order chi connectivity index (χ0) is 23.9. The predicted molar refractivity (Wildman–Crippen MR) is 137 cm³/mol. The Labute approximate surface area is 205 Å². The van der Waals surface area contributed by atoms with E-state index in [0.29, 0.717) is 12.3 Å². The van der Waals surface area contributed by atoms with Crippen LogP contribution in [0.4, 0.5) is 0 Å². The fourth-order valence-corrected chi connectivity index (χ4v) is 6.13. The van der Waals surface area contributed by atoms with E-state index in [9.17, 15) is 9.59 Å². The van der Waals surface area contributed by atoms with E-state index >= 15 is 0 Å². The molecule has 4 rings (SSSR count). The van der Waals surface area contributed by atoms with Gasteiger partial charge in [-0.2, -0.15) is 0 Å². The van der Waals surface area contributed by atoms with E-state index < -0.39 is 6.04 Å². The topological polar surface area (TPSA) is 64.7 Å². The molecule has 2 unspecified atom stereocenters. The maximum atomic E-state index is 14.0. The molecule has 2 saturated heterocycles. The first-order valence-corrected chi connectivity index (χ1v) is 13.4. The molecule has 3 aliphatic rings. The zero-order valence-electron chi connectivity index (χ0n) is 20.9. The summed E-state index contributed by atoms with van der Waals surface area (Å²) in [5.74, 6) is 0.915. The minimum Gasteiger partial charge on any atom is -0.375 e. The molecule has 1 aromatic rings. The molecule has 34 heavy (non-hydrogen) atoms. The molecule has 2 heterocycles. The van der Waals surface area contributed by atoms with Crippen molar-refractivity contribution in [1.29, 1.82) is 0 Å². The summed E-state index contributed by atoms with van der Waals surface area (Å²) >= 11 is 0. The monoisotopic (exact) mass is 466 g/mol. The summed E-state index contributed by atoms with van der Waals surface area (Å²) in [5, 5.41) is 6.29. The summed E-state index contributed by atoms with van der Waals surface area (Å²) in [6, 6.07) is 9.95. The lowest BCUT2D eigenvalue weighted by atomic mass is 9.83. The van der Waals surface area contributed by atoms with Crippen LogP contribution in [0, 0.1) is 11.8 Å². The van der Waals surface area contributed by atoms with Gasteiger partial charge in [-0.15, -0.1) is 0 Å². The molecule has 6 nitrogen and oxygen atoms in total. The molecule has 0 radical (unpaired) electrons. The van der Waals surface area contributed by atoms with Gasteiger partial charge in [-0.25, -0.2) is 0 Å². The van der Waals surface area contributed by atoms with E-state index in [0.717, 1.165) is 58.2 Å². The third-order valence-electron chi connectivity index (χ3n) is 8.21. The Morgan fingerprint density at radius 2 is 1.79 bits per heavy atom. The van der Waals surface area contributed by atoms with Gasteiger partial charge in [0.25, 0.3) is 0 Å². The number of likely N-dealkylation sites (N-methyl/N-ethyl adjacent to an activating group) is 1. The van der Waals surface area contributed by atoms with Crippen molar-refractivity contribution in [2.24, 2.45) is 11.8 Å². The van der Waals surface area contributed by atoms with E-state index in [-0.39, 0.29) is 29.8 Å². The highest BCUT2D eigenvalue weighted by Crippen LogP contribution is 2.34. The molecule has 1 aliphatic carbocycles. The summed E-state index contributed by atoms with van der Waals surface area (Å²) in [5.41, 5.74) is 1.19. The van der Waals surface area contributed by atoms with Gasteiger partial charge < -0.3 is 20.4 Å². The predicted octanol–water partition coefficient (Wildman–Crippen LogP) is 3.64. The lowest BCUT2D eigenvalue weighted by molar-refractivity contribution is -0.140. The highest BCUT2D eigenvalue weighted by Gasteiger charge is 2.44. The first-order valence-electron chi connectivity index (χ1n) is 13.4. The number of fused-ring (bicyclic) bond motifs is 1. The van der Waals surface area contributed by atoms with Gasteiger partial charge in [0.1, 0.15) is 6.04 Å². The van der Waals surface area contributed by atoms with Crippen LogP contribution >= 0.6 is 0 Å². The normalized spacial score (nSPS) is 25.2. The Bertz CT molecular complexity index is 832. The number of piperidine rings is 1. The standard InChI is InChI=1S/C28H42N4O2/c1-3-24(29-2)27(33)30-26(23-12-8-5-9-13-23)28(34)32-19-16-22-15-18-31(20-25(22)32)17-14-21-10-6-4-7-11-21/h4,6-7,10-11,14,17,22-26,29H,3,5,8-9,12-13,15-16,18-20H2,1-2H3,(H,30,33)/t22?,24-,25?,26-/m0/s1. The lowest BCUT2D eigenvalue weighted by Crippen LogP contribution is -2.58. The van der Waals surface area contributed by atoms with Gasteiger partial charge in [0.2, 0.25) is 11.8 Å². The van der Waals surface area contributed by atoms with Crippen LogP contribution in [0.25, 0.3) is 6.08 Å². The van der Waals surface area contributed by atoms with Crippen molar-refractivity contribution in [3.63, 3.8) is 0 Å². The van der Waals surface area contributed by atoms with Crippen LogP contribution in [0.1, 0.15) is 63.9 Å². The van der Waals surface area contributed by atoms with Crippen LogP contribution in [0.2, 0.25) is 0 Å². The second-order valence-corrected chi connectivity index (χ2v) is 10.3. The van der Waals surface area contributed by atoms with E-state index in [4.69, 9.17) is 0 Å². The maximum Gasteiger partial charge on any atom is 0.245 e. The quantitative estimate of drug-likeness (QED) is 0.614. The SMILES string of the molecule is CC[C@H](NC)C(=O)N[C@H](C(=O)N1CCC2CCN(C=Cc3ccccc3)CC21)C1CCCCC1. The zero-order valence-corrected chi connectivity index (χ0v) is 20.9. The van der Waals surface area contributed by atoms with Gasteiger partial charge in [0, 0.05) is 19.6 Å². The number of nitrogens with one attached hydrogen (secondary N) is 2. The van der Waals surface area contributed by atoms with Crippen molar-refractivity contribution in [2.75, 3.05) is 26.7 Å². The number of carbonyl (C=O) groups excluding carboxylic acids is 2. The molecule has 0 aromatic heterocycles. The molecule has 0 bridgehead atoms. The van der Waals surface area contributed by atoms with Crippen LogP contribution in [-0.4, -0.2) is 66.4 Å². The first kappa shape index (κ1) is 24.8. The highest BCUT2D eigenvalue weighted by molar-refractivity contribution is 5.90. The number of hydrogen-bond donors (Lipinski definition) is 2. The Hall–Kier alpha value is -2.34. The molecule has 186 valence electrons. The number of benzene rings is 1. The number of nitrogens with zero attached hydrogens (tertiary/aromatic N) is 2. The third-order valence-corrected chi connectivity index (χ3v) is 8.21. The van der Waals surface area contributed by atoms with Gasteiger partial charge in [0.05, 0.1) is 12.1 Å². The van der Waals surface area contributed by atoms with Crippen LogP contribution in [-0.2, 0) is 9.59 Å². The molecule has 2 N–H and O–H groups in total. The average molecular weight is 467 g/mol. The maximum absolute atomic E-state index is 14.0. The number of carbonyl (C=O) groups is 2. The van der Waals surface area contributed by atoms with E-state index in [1.807, 2.05) is 20.0 Å². The van der Waals surface area contributed by atoms with E-state index in [2.05, 4.69) is 57.0 Å². The molecule has 6 heteroatoms. The Kier molecular flexibility index (Phi) is 8.65. The van der Waals surface area contributed by atoms with Crippen molar-refractivity contribution >= 4 is 17.9 Å². The lowest BCUT2D eigenvalue weighted by Gasteiger charge is -2.40. The molecule has 1 saturated carbocycles. The second-order valence-electron chi connectivity index (χ2n) is 10.3. The smallest absolute Gasteiger partial charge is 0.245 e. The highest BCUT2D eigenvalue weighted by atomic mass is 16.2. The van der Waals surface area contributed by atoms with Gasteiger partial charge in [-0.1, -0.05) is 56.5 Å². The fraction of sp³-hybridized carbons (Fsp3) is 0.643. The summed E-state index contributed by atoms with van der Waals surface area (Å²) in [6.07, 6.45) is 12.8. The largest absolute Gasteiger partial charge is 0.375 e. The summed E-state index contributed by atoms with van der Waals surface area (Å²) in [7, 11) is 1.82. The van der Waals surface area contributed by atoms with Crippen LogP contribution < -0.4 is 10.6 Å². The minimum absolute atomic E-state index is 0.0410. The molecule has 2 aliphatic heterocycles. The molecular weight excluding hydrogens is 424 g/mol. The van der Waals surface area contributed by atoms with Crippen molar-refractivity contribution in [3.8, 4) is 0 Å². The van der Waals surface area contributed by atoms with E-state index in [1.165, 1.54) is 12.0 Å². The molecule has 2 amide bonds. The summed E-state index contributed by atoms with van der Waals surface area (Å²) in [4.78, 5) is 31.4. The summed E-state index contributed by atoms with van der Waals surface area (Å²) in [6.45, 7) is 4.73. The molecular formula is C28H42N4O2. The first-order chi connectivity index (χ1) is 16.6. The minimum atomic E-state index is -0.399. The number of likely N-dealkylation sites (tertiary alicyclic amines) is 2. The van der Waals surface area contributed by atoms with Crippen molar-refractivity contribution in [3.05, 3.63) is 42.1 Å². The molecule has 3 fully saturated rings. The third kappa shape index (κ3) is 5.83.